The van der Waals surface area contributed by atoms with Gasteiger partial charge in [-0.15, -0.1) is 0 Å². The number of amides is 2. The molecule has 1 aromatic rings. The van der Waals surface area contributed by atoms with Gasteiger partial charge in [-0.1, -0.05) is 6.07 Å². The SMILES string of the molecule is CC1CCCCN1C(=O)C(=O)Nc1c(F)cccc1F. The highest BCUT2D eigenvalue weighted by atomic mass is 19.1. The van der Waals surface area contributed by atoms with Crippen LogP contribution in [0.2, 0.25) is 0 Å². The minimum absolute atomic E-state index is 0.0348. The van der Waals surface area contributed by atoms with Crippen LogP contribution in [0.1, 0.15) is 26.2 Å². The smallest absolute Gasteiger partial charge is 0.314 e. The normalized spacial score (nSPS) is 18.8. The van der Waals surface area contributed by atoms with Crippen LogP contribution >= 0.6 is 0 Å². The van der Waals surface area contributed by atoms with E-state index in [2.05, 4.69) is 0 Å². The molecule has 0 spiro atoms. The van der Waals surface area contributed by atoms with E-state index in [4.69, 9.17) is 0 Å². The molecule has 0 radical (unpaired) electrons. The van der Waals surface area contributed by atoms with Gasteiger partial charge >= 0.3 is 11.8 Å². The summed E-state index contributed by atoms with van der Waals surface area (Å²) in [5.74, 6) is -3.57. The Kier molecular flexibility index (Phi) is 4.32. The Bertz CT molecular complexity index is 514. The van der Waals surface area contributed by atoms with E-state index in [1.807, 2.05) is 12.2 Å². The third-order valence-electron chi connectivity index (χ3n) is 3.46. The fourth-order valence-electron chi connectivity index (χ4n) is 2.31. The van der Waals surface area contributed by atoms with Crippen molar-refractivity contribution in [2.45, 2.75) is 32.2 Å². The number of carbonyl (C=O) groups is 2. The van der Waals surface area contributed by atoms with Crippen LogP contribution < -0.4 is 5.32 Å². The fourth-order valence-corrected chi connectivity index (χ4v) is 2.31. The summed E-state index contributed by atoms with van der Waals surface area (Å²) in [5.41, 5.74) is -0.587. The van der Waals surface area contributed by atoms with Crippen LogP contribution in [-0.4, -0.2) is 29.3 Å². The molecule has 2 amide bonds. The number of likely N-dealkylation sites (tertiary alicyclic amines) is 1. The van der Waals surface area contributed by atoms with Gasteiger partial charge in [0, 0.05) is 12.6 Å². The number of piperidine rings is 1. The number of anilines is 1. The highest BCUT2D eigenvalue weighted by Gasteiger charge is 2.29. The van der Waals surface area contributed by atoms with Crippen LogP contribution in [-0.2, 0) is 9.59 Å². The summed E-state index contributed by atoms with van der Waals surface area (Å²) in [4.78, 5) is 25.3. The molecule has 1 fully saturated rings. The van der Waals surface area contributed by atoms with Crippen molar-refractivity contribution in [1.82, 2.24) is 4.90 Å². The van der Waals surface area contributed by atoms with Gasteiger partial charge in [-0.3, -0.25) is 9.59 Å². The number of benzene rings is 1. The van der Waals surface area contributed by atoms with Gasteiger partial charge in [-0.25, -0.2) is 8.78 Å². The number of nitrogens with zero attached hydrogens (tertiary/aromatic N) is 1. The van der Waals surface area contributed by atoms with Crippen molar-refractivity contribution in [2.24, 2.45) is 0 Å². The second kappa shape index (κ2) is 5.98. The molecule has 6 heteroatoms. The molecule has 1 aromatic carbocycles. The number of nitrogens with one attached hydrogen (secondary N) is 1. The van der Waals surface area contributed by atoms with E-state index in [-0.39, 0.29) is 6.04 Å². The summed E-state index contributed by atoms with van der Waals surface area (Å²) in [7, 11) is 0. The van der Waals surface area contributed by atoms with Crippen molar-refractivity contribution in [1.29, 1.82) is 0 Å². The molecule has 0 aromatic heterocycles. The van der Waals surface area contributed by atoms with E-state index < -0.39 is 29.1 Å². The summed E-state index contributed by atoms with van der Waals surface area (Å²) in [6.45, 7) is 2.35. The number of rotatable bonds is 1. The third kappa shape index (κ3) is 2.95. The Morgan fingerprint density at radius 3 is 2.50 bits per heavy atom. The lowest BCUT2D eigenvalue weighted by atomic mass is 10.0. The van der Waals surface area contributed by atoms with E-state index in [1.54, 1.807) is 0 Å². The molecule has 1 saturated heterocycles. The lowest BCUT2D eigenvalue weighted by molar-refractivity contribution is -0.145. The van der Waals surface area contributed by atoms with Crippen LogP contribution in [0.3, 0.4) is 0 Å². The van der Waals surface area contributed by atoms with Crippen LogP contribution in [0.25, 0.3) is 0 Å². The second-order valence-corrected chi connectivity index (χ2v) is 4.89. The molecule has 108 valence electrons. The zero-order valence-electron chi connectivity index (χ0n) is 11.2. The van der Waals surface area contributed by atoms with Crippen molar-refractivity contribution in [3.8, 4) is 0 Å². The minimum Gasteiger partial charge on any atom is -0.332 e. The fraction of sp³-hybridized carbons (Fsp3) is 0.429. The van der Waals surface area contributed by atoms with E-state index in [9.17, 15) is 18.4 Å². The van der Waals surface area contributed by atoms with Crippen molar-refractivity contribution in [3.63, 3.8) is 0 Å². The van der Waals surface area contributed by atoms with E-state index in [1.165, 1.54) is 11.0 Å². The third-order valence-corrected chi connectivity index (χ3v) is 3.46. The van der Waals surface area contributed by atoms with E-state index in [0.29, 0.717) is 6.54 Å². The summed E-state index contributed by atoms with van der Waals surface area (Å²) in [6, 6.07) is 3.20. The zero-order valence-corrected chi connectivity index (χ0v) is 11.2. The zero-order chi connectivity index (χ0) is 14.7. The Balaban J connectivity index is 2.10. The molecule has 1 aliphatic rings. The minimum atomic E-state index is -1.01. The van der Waals surface area contributed by atoms with Gasteiger partial charge in [0.05, 0.1) is 0 Å². The predicted molar refractivity (Wildman–Crippen MR) is 70.0 cm³/mol. The molecular weight excluding hydrogens is 266 g/mol. The topological polar surface area (TPSA) is 49.4 Å². The largest absolute Gasteiger partial charge is 0.332 e. The molecule has 1 atom stereocenters. The predicted octanol–water partition coefficient (Wildman–Crippen LogP) is 2.30. The second-order valence-electron chi connectivity index (χ2n) is 4.89. The van der Waals surface area contributed by atoms with Crippen LogP contribution in [0.5, 0.6) is 0 Å². The average molecular weight is 282 g/mol. The molecule has 0 aliphatic carbocycles. The van der Waals surface area contributed by atoms with Gasteiger partial charge in [0.15, 0.2) is 0 Å². The van der Waals surface area contributed by atoms with Crippen LogP contribution in [0.4, 0.5) is 14.5 Å². The molecule has 0 bridgehead atoms. The molecule has 1 unspecified atom stereocenters. The Morgan fingerprint density at radius 1 is 1.25 bits per heavy atom. The molecule has 1 aliphatic heterocycles. The lowest BCUT2D eigenvalue weighted by Gasteiger charge is -2.32. The van der Waals surface area contributed by atoms with Crippen LogP contribution in [0, 0.1) is 11.6 Å². The number of hydrogen-bond acceptors (Lipinski definition) is 2. The van der Waals surface area contributed by atoms with Crippen LogP contribution in [0.15, 0.2) is 18.2 Å². The van der Waals surface area contributed by atoms with Crippen molar-refractivity contribution < 1.29 is 18.4 Å². The lowest BCUT2D eigenvalue weighted by Crippen LogP contribution is -2.47. The van der Waals surface area contributed by atoms with Crippen molar-refractivity contribution >= 4 is 17.5 Å². The number of halogens is 2. The highest BCUT2D eigenvalue weighted by Crippen LogP contribution is 2.20. The first-order valence-electron chi connectivity index (χ1n) is 6.56. The summed E-state index contributed by atoms with van der Waals surface area (Å²) in [5, 5.41) is 2.02. The van der Waals surface area contributed by atoms with E-state index in [0.717, 1.165) is 31.4 Å². The van der Waals surface area contributed by atoms with Crippen molar-refractivity contribution in [3.05, 3.63) is 29.8 Å². The van der Waals surface area contributed by atoms with Gasteiger partial charge in [-0.05, 0) is 38.3 Å². The maximum atomic E-state index is 13.4. The van der Waals surface area contributed by atoms with Gasteiger partial charge < -0.3 is 10.2 Å². The highest BCUT2D eigenvalue weighted by molar-refractivity contribution is 6.39. The van der Waals surface area contributed by atoms with E-state index >= 15 is 0 Å². The number of carbonyl (C=O) groups excluding carboxylic acids is 2. The molecule has 1 N–H and O–H groups in total. The standard InChI is InChI=1S/C14H16F2N2O2/c1-9-5-2-3-8-18(9)14(20)13(19)17-12-10(15)6-4-7-11(12)16/h4,6-7,9H,2-3,5,8H2,1H3,(H,17,19). The van der Waals surface area contributed by atoms with Gasteiger partial charge in [-0.2, -0.15) is 0 Å². The van der Waals surface area contributed by atoms with Crippen molar-refractivity contribution in [2.75, 3.05) is 11.9 Å². The Morgan fingerprint density at radius 2 is 1.90 bits per heavy atom. The first-order valence-corrected chi connectivity index (χ1v) is 6.56. The first-order chi connectivity index (χ1) is 9.50. The summed E-state index contributed by atoms with van der Waals surface area (Å²) >= 11 is 0. The number of para-hydroxylation sites is 1. The van der Waals surface area contributed by atoms with Gasteiger partial charge in [0.1, 0.15) is 17.3 Å². The maximum absolute atomic E-state index is 13.4. The Labute approximate surface area is 115 Å². The summed E-state index contributed by atoms with van der Waals surface area (Å²) < 4.78 is 26.8. The molecular formula is C14H16F2N2O2. The summed E-state index contributed by atoms with van der Waals surface area (Å²) in [6.07, 6.45) is 2.67. The first kappa shape index (κ1) is 14.4. The van der Waals surface area contributed by atoms with Gasteiger partial charge in [0.2, 0.25) is 0 Å². The molecule has 2 rings (SSSR count). The maximum Gasteiger partial charge on any atom is 0.314 e. The Hall–Kier alpha value is -1.98. The average Bonchev–Trinajstić information content (AvgIpc) is 2.42. The molecule has 0 saturated carbocycles. The molecule has 4 nitrogen and oxygen atoms in total. The number of hydrogen-bond donors (Lipinski definition) is 1. The quantitative estimate of drug-likeness (QED) is 0.804. The molecule has 20 heavy (non-hydrogen) atoms. The monoisotopic (exact) mass is 282 g/mol. The molecule has 1 heterocycles. The van der Waals surface area contributed by atoms with Gasteiger partial charge in [0.25, 0.3) is 0 Å².